The molecule has 5 heteroatoms. The largest absolute Gasteiger partial charge is 0.503 e. The maximum atomic E-state index is 9.73. The molecule has 1 aromatic rings. The fourth-order valence-corrected chi connectivity index (χ4v) is 3.19. The maximum Gasteiger partial charge on any atom is 0.176 e. The average molecular weight is 284 g/mol. The van der Waals surface area contributed by atoms with Crippen LogP contribution in [0.4, 0.5) is 0 Å². The van der Waals surface area contributed by atoms with Crippen molar-refractivity contribution in [1.29, 1.82) is 0 Å². The van der Waals surface area contributed by atoms with Crippen LogP contribution in [0, 0.1) is 0 Å². The lowest BCUT2D eigenvalue weighted by Crippen LogP contribution is -2.41. The number of likely N-dealkylation sites (tertiary alicyclic amines) is 1. The standard InChI is InChI=1S/C14H18ClNO3/c1-18-13-5-9(4-12(15)14(13)17)6-16-7-10-2-3-11(8-16)19-10/h4-5,10-11,17H,2-3,6-8H2,1H3. The first-order valence-corrected chi connectivity index (χ1v) is 6.96. The lowest BCUT2D eigenvalue weighted by molar-refractivity contribution is -0.0410. The van der Waals surface area contributed by atoms with Crippen LogP contribution in [0.25, 0.3) is 0 Å². The molecule has 0 amide bonds. The zero-order chi connectivity index (χ0) is 13.4. The summed E-state index contributed by atoms with van der Waals surface area (Å²) in [5.41, 5.74) is 1.06. The molecular weight excluding hydrogens is 266 g/mol. The number of rotatable bonds is 3. The smallest absolute Gasteiger partial charge is 0.176 e. The second-order valence-corrected chi connectivity index (χ2v) is 5.69. The van der Waals surface area contributed by atoms with Gasteiger partial charge in [0.15, 0.2) is 11.5 Å². The van der Waals surface area contributed by atoms with Gasteiger partial charge in [-0.1, -0.05) is 11.6 Å². The van der Waals surface area contributed by atoms with Gasteiger partial charge in [-0.2, -0.15) is 0 Å². The van der Waals surface area contributed by atoms with Crippen molar-refractivity contribution in [3.05, 3.63) is 22.7 Å². The number of methoxy groups -OCH3 is 1. The van der Waals surface area contributed by atoms with Crippen LogP contribution >= 0.6 is 11.6 Å². The highest BCUT2D eigenvalue weighted by molar-refractivity contribution is 6.32. The zero-order valence-corrected chi connectivity index (χ0v) is 11.7. The lowest BCUT2D eigenvalue weighted by Gasteiger charge is -2.32. The summed E-state index contributed by atoms with van der Waals surface area (Å²) < 4.78 is 11.0. The van der Waals surface area contributed by atoms with Gasteiger partial charge in [0.2, 0.25) is 0 Å². The molecule has 2 heterocycles. The van der Waals surface area contributed by atoms with Gasteiger partial charge in [-0.15, -0.1) is 0 Å². The van der Waals surface area contributed by atoms with Crippen molar-refractivity contribution in [1.82, 2.24) is 4.90 Å². The molecule has 3 rings (SSSR count). The zero-order valence-electron chi connectivity index (χ0n) is 10.9. The van der Waals surface area contributed by atoms with E-state index in [2.05, 4.69) is 4.90 Å². The Labute approximate surface area is 117 Å². The molecule has 2 aliphatic heterocycles. The van der Waals surface area contributed by atoms with E-state index in [4.69, 9.17) is 21.1 Å². The van der Waals surface area contributed by atoms with Gasteiger partial charge < -0.3 is 14.6 Å². The summed E-state index contributed by atoms with van der Waals surface area (Å²) in [5.74, 6) is 0.439. The van der Waals surface area contributed by atoms with Crippen molar-refractivity contribution in [3.63, 3.8) is 0 Å². The molecule has 0 aliphatic carbocycles. The van der Waals surface area contributed by atoms with Gasteiger partial charge in [0.25, 0.3) is 0 Å². The third-order valence-electron chi connectivity index (χ3n) is 3.83. The van der Waals surface area contributed by atoms with Gasteiger partial charge >= 0.3 is 0 Å². The molecule has 1 aromatic carbocycles. The quantitative estimate of drug-likeness (QED) is 0.925. The molecule has 2 fully saturated rings. The number of phenolic OH excluding ortho intramolecular Hbond substituents is 1. The number of aromatic hydroxyl groups is 1. The summed E-state index contributed by atoms with van der Waals surface area (Å²) in [6.45, 7) is 2.75. The Balaban J connectivity index is 1.74. The first kappa shape index (κ1) is 13.0. The summed E-state index contributed by atoms with van der Waals surface area (Å²) in [7, 11) is 1.53. The monoisotopic (exact) mass is 283 g/mol. The molecule has 1 N–H and O–H groups in total. The minimum Gasteiger partial charge on any atom is -0.503 e. The highest BCUT2D eigenvalue weighted by Gasteiger charge is 2.33. The van der Waals surface area contributed by atoms with Crippen molar-refractivity contribution < 1.29 is 14.6 Å². The van der Waals surface area contributed by atoms with Crippen molar-refractivity contribution in [2.45, 2.75) is 31.6 Å². The van der Waals surface area contributed by atoms with Gasteiger partial charge in [0.05, 0.1) is 24.3 Å². The topological polar surface area (TPSA) is 41.9 Å². The van der Waals surface area contributed by atoms with Crippen LogP contribution in [0.1, 0.15) is 18.4 Å². The first-order valence-electron chi connectivity index (χ1n) is 6.59. The first-order chi connectivity index (χ1) is 9.15. The van der Waals surface area contributed by atoms with E-state index in [-0.39, 0.29) is 5.75 Å². The van der Waals surface area contributed by atoms with E-state index in [1.807, 2.05) is 6.07 Å². The van der Waals surface area contributed by atoms with Crippen LogP contribution in [0.5, 0.6) is 11.5 Å². The Morgan fingerprint density at radius 2 is 2.05 bits per heavy atom. The third kappa shape index (κ3) is 2.66. The highest BCUT2D eigenvalue weighted by atomic mass is 35.5. The Morgan fingerprint density at radius 3 is 2.68 bits per heavy atom. The SMILES string of the molecule is COc1cc(CN2CC3CCC(C2)O3)cc(Cl)c1O. The fourth-order valence-electron chi connectivity index (χ4n) is 2.96. The van der Waals surface area contributed by atoms with Crippen LogP contribution in [0.15, 0.2) is 12.1 Å². The van der Waals surface area contributed by atoms with Gasteiger partial charge in [-0.3, -0.25) is 4.90 Å². The third-order valence-corrected chi connectivity index (χ3v) is 4.12. The number of hydrogen-bond donors (Lipinski definition) is 1. The lowest BCUT2D eigenvalue weighted by atomic mass is 10.1. The second-order valence-electron chi connectivity index (χ2n) is 5.28. The number of morpholine rings is 1. The number of halogens is 1. The van der Waals surface area contributed by atoms with E-state index < -0.39 is 0 Å². The summed E-state index contributed by atoms with van der Waals surface area (Å²) >= 11 is 6.01. The van der Waals surface area contributed by atoms with Crippen molar-refractivity contribution >= 4 is 11.6 Å². The molecule has 0 saturated carbocycles. The Bertz CT molecular complexity index is 468. The molecule has 2 atom stereocenters. The number of nitrogens with zero attached hydrogens (tertiary/aromatic N) is 1. The van der Waals surface area contributed by atoms with Crippen LogP contribution in [-0.2, 0) is 11.3 Å². The molecule has 2 bridgehead atoms. The van der Waals surface area contributed by atoms with Crippen LogP contribution in [0.2, 0.25) is 5.02 Å². The average Bonchev–Trinajstić information content (AvgIpc) is 2.73. The summed E-state index contributed by atoms with van der Waals surface area (Å²) in [4.78, 5) is 2.38. The Hall–Kier alpha value is -0.970. The molecular formula is C14H18ClNO3. The van der Waals surface area contributed by atoms with Gasteiger partial charge in [-0.05, 0) is 30.5 Å². The minimum absolute atomic E-state index is 0.00923. The number of hydrogen-bond acceptors (Lipinski definition) is 4. The van der Waals surface area contributed by atoms with Gasteiger partial charge in [0, 0.05) is 19.6 Å². The summed E-state index contributed by atoms with van der Waals surface area (Å²) in [6, 6.07) is 3.65. The van der Waals surface area contributed by atoms with Crippen LogP contribution in [0.3, 0.4) is 0 Å². The van der Waals surface area contributed by atoms with E-state index in [1.54, 1.807) is 6.07 Å². The molecule has 104 valence electrons. The fraction of sp³-hybridized carbons (Fsp3) is 0.571. The molecule has 0 radical (unpaired) electrons. The van der Waals surface area contributed by atoms with E-state index >= 15 is 0 Å². The predicted octanol–water partition coefficient (Wildman–Crippen LogP) is 2.42. The van der Waals surface area contributed by atoms with Crippen molar-refractivity contribution in [2.24, 2.45) is 0 Å². The number of benzene rings is 1. The number of phenols is 1. The van der Waals surface area contributed by atoms with Crippen molar-refractivity contribution in [2.75, 3.05) is 20.2 Å². The van der Waals surface area contributed by atoms with Crippen LogP contribution in [-0.4, -0.2) is 42.4 Å². The molecule has 4 nitrogen and oxygen atoms in total. The van der Waals surface area contributed by atoms with Crippen LogP contribution < -0.4 is 4.74 Å². The van der Waals surface area contributed by atoms with E-state index in [1.165, 1.54) is 20.0 Å². The Kier molecular flexibility index (Phi) is 3.56. The molecule has 0 aromatic heterocycles. The maximum absolute atomic E-state index is 9.73. The normalized spacial score (nSPS) is 26.6. The highest BCUT2D eigenvalue weighted by Crippen LogP contribution is 2.36. The molecule has 0 spiro atoms. The van der Waals surface area contributed by atoms with E-state index in [0.29, 0.717) is 23.0 Å². The Morgan fingerprint density at radius 1 is 1.37 bits per heavy atom. The molecule has 2 aliphatic rings. The molecule has 19 heavy (non-hydrogen) atoms. The second kappa shape index (κ2) is 5.19. The van der Waals surface area contributed by atoms with E-state index in [9.17, 15) is 5.11 Å². The number of fused-ring (bicyclic) bond motifs is 2. The predicted molar refractivity (Wildman–Crippen MR) is 72.8 cm³/mol. The summed E-state index contributed by atoms with van der Waals surface area (Å²) in [5, 5.41) is 10.1. The van der Waals surface area contributed by atoms with E-state index in [0.717, 1.165) is 25.2 Å². The van der Waals surface area contributed by atoms with Gasteiger partial charge in [-0.25, -0.2) is 0 Å². The molecule has 2 saturated heterocycles. The molecule has 2 unspecified atom stereocenters. The number of ether oxygens (including phenoxy) is 2. The van der Waals surface area contributed by atoms with Gasteiger partial charge in [0.1, 0.15) is 0 Å². The minimum atomic E-state index is 0.00923. The van der Waals surface area contributed by atoms with Crippen molar-refractivity contribution in [3.8, 4) is 11.5 Å². The summed E-state index contributed by atoms with van der Waals surface area (Å²) in [6.07, 6.45) is 3.10.